The quantitative estimate of drug-likeness (QED) is 0.0210. The lowest BCUT2D eigenvalue weighted by molar-refractivity contribution is 0.268. The van der Waals surface area contributed by atoms with Gasteiger partial charge in [-0.3, -0.25) is 0 Å². The maximum Gasteiger partial charge on any atom is 0.120 e. The first-order chi connectivity index (χ1) is 32.7. The lowest BCUT2D eigenvalue weighted by atomic mass is 10.1. The summed E-state index contributed by atoms with van der Waals surface area (Å²) in [6, 6.07) is 31.6. The zero-order chi connectivity index (χ0) is 47.4. The Hall–Kier alpha value is -6.82. The molecule has 6 aromatic carbocycles. The van der Waals surface area contributed by atoms with Gasteiger partial charge in [0.1, 0.15) is 80.7 Å². The lowest BCUT2D eigenvalue weighted by Gasteiger charge is -2.14. The summed E-state index contributed by atoms with van der Waals surface area (Å²) >= 11 is 0. The van der Waals surface area contributed by atoms with Crippen LogP contribution in [0.3, 0.4) is 0 Å². The number of hydrogen-bond acceptors (Lipinski definition) is 15. The second-order valence-corrected chi connectivity index (χ2v) is 15.6. The van der Waals surface area contributed by atoms with E-state index in [1.165, 1.54) is 0 Å². The van der Waals surface area contributed by atoms with E-state index in [4.69, 9.17) is 28.4 Å². The largest absolute Gasteiger partial charge is 0.490 e. The highest BCUT2D eigenvalue weighted by molar-refractivity contribution is 5.40. The molecule has 352 valence electrons. The monoisotopic (exact) mass is 917 g/mol. The molecule has 0 amide bonds. The van der Waals surface area contributed by atoms with Crippen molar-refractivity contribution in [2.24, 2.45) is 5.18 Å². The molecule has 0 unspecified atom stereocenters. The van der Waals surface area contributed by atoms with E-state index < -0.39 is 0 Å². The summed E-state index contributed by atoms with van der Waals surface area (Å²) in [5, 5.41) is 70.9. The Kier molecular flexibility index (Phi) is 19.1. The molecular weight excluding hydrogens is 863 g/mol. The smallest absolute Gasteiger partial charge is 0.120 e. The van der Waals surface area contributed by atoms with Gasteiger partial charge in [-0.1, -0.05) is 29.4 Å². The second-order valence-electron chi connectivity index (χ2n) is 15.6. The van der Waals surface area contributed by atoms with Crippen molar-refractivity contribution in [3.05, 3.63) is 193 Å². The van der Waals surface area contributed by atoms with E-state index in [9.17, 15) is 40.7 Å². The van der Waals surface area contributed by atoms with Gasteiger partial charge in [0, 0.05) is 0 Å². The molecule has 0 saturated heterocycles. The van der Waals surface area contributed by atoms with Crippen LogP contribution in [0.2, 0.25) is 0 Å². The van der Waals surface area contributed by atoms with Gasteiger partial charge in [0.05, 0.1) is 46.2 Å². The van der Waals surface area contributed by atoms with E-state index in [2.05, 4.69) is 5.18 Å². The van der Waals surface area contributed by atoms with Crippen molar-refractivity contribution in [2.45, 2.75) is 79.2 Å². The van der Waals surface area contributed by atoms with Crippen LogP contribution in [-0.2, 0) is 79.2 Å². The molecule has 0 heterocycles. The average molecular weight is 918 g/mol. The maximum atomic E-state index is 11.0. The van der Waals surface area contributed by atoms with Gasteiger partial charge >= 0.3 is 0 Å². The Labute approximate surface area is 388 Å². The topological polar surface area (TPSA) is 226 Å². The number of aliphatic hydroxyl groups excluding tert-OH is 7. The number of rotatable bonds is 27. The first-order valence-electron chi connectivity index (χ1n) is 21.5. The molecule has 0 spiro atoms. The Bertz CT molecular complexity index is 2430. The van der Waals surface area contributed by atoms with Crippen LogP contribution >= 0.6 is 0 Å². The van der Waals surface area contributed by atoms with E-state index in [0.29, 0.717) is 79.0 Å². The van der Waals surface area contributed by atoms with Crippen LogP contribution in [0, 0.1) is 4.91 Å². The van der Waals surface area contributed by atoms with E-state index in [1.54, 1.807) is 72.8 Å². The number of aliphatic hydroxyl groups is 7. The SMILES string of the molecule is O=NCc1cc(CO)cc(OCc2cc(COc3cc(CO)cc(CO)c3)cc(OC/C=C\COc3cc(COc4cc(CO)cc(CO)c4)cc(COc4cc(CO)cc(CO)c4)c3)c2)c1. The van der Waals surface area contributed by atoms with Gasteiger partial charge < -0.3 is 64.2 Å². The van der Waals surface area contributed by atoms with Gasteiger partial charge in [-0.15, -0.1) is 0 Å². The van der Waals surface area contributed by atoms with Crippen LogP contribution in [0.5, 0.6) is 34.5 Å². The summed E-state index contributed by atoms with van der Waals surface area (Å²) in [6.45, 7) is -0.616. The van der Waals surface area contributed by atoms with Crippen LogP contribution < -0.4 is 28.4 Å². The molecule has 0 aliphatic rings. The van der Waals surface area contributed by atoms with E-state index in [1.807, 2.05) is 48.6 Å². The lowest BCUT2D eigenvalue weighted by Crippen LogP contribution is -2.04. The third-order valence-electron chi connectivity index (χ3n) is 10.2. The Balaban J connectivity index is 1.14. The fraction of sp³-hybridized carbons (Fsp3) is 0.269. The molecule has 0 aliphatic carbocycles. The molecule has 0 aromatic heterocycles. The number of nitroso groups, excluding NO2 is 1. The summed E-state index contributed by atoms with van der Waals surface area (Å²) < 4.78 is 36.7. The van der Waals surface area contributed by atoms with E-state index in [0.717, 1.165) is 22.3 Å². The van der Waals surface area contributed by atoms with Crippen LogP contribution in [0.15, 0.2) is 127 Å². The van der Waals surface area contributed by atoms with Crippen molar-refractivity contribution in [2.75, 3.05) is 13.2 Å². The molecule has 67 heavy (non-hydrogen) atoms. The zero-order valence-corrected chi connectivity index (χ0v) is 36.9. The van der Waals surface area contributed by atoms with Gasteiger partial charge in [0.15, 0.2) is 0 Å². The summed E-state index contributed by atoms with van der Waals surface area (Å²) in [5.74, 6) is 2.98. The predicted molar refractivity (Wildman–Crippen MR) is 247 cm³/mol. The van der Waals surface area contributed by atoms with Crippen LogP contribution in [0.4, 0.5) is 0 Å². The normalized spacial score (nSPS) is 11.1. The zero-order valence-electron chi connectivity index (χ0n) is 36.9. The average Bonchev–Trinajstić information content (AvgIpc) is 3.36. The summed E-state index contributed by atoms with van der Waals surface area (Å²) in [6.07, 6.45) is 3.63. The summed E-state index contributed by atoms with van der Waals surface area (Å²) in [4.78, 5) is 11.0. The van der Waals surface area contributed by atoms with Crippen LogP contribution in [0.1, 0.15) is 66.8 Å². The summed E-state index contributed by atoms with van der Waals surface area (Å²) in [7, 11) is 0. The highest BCUT2D eigenvalue weighted by Gasteiger charge is 2.11. The fourth-order valence-electron chi connectivity index (χ4n) is 7.10. The molecule has 6 rings (SSSR count). The fourth-order valence-corrected chi connectivity index (χ4v) is 7.10. The van der Waals surface area contributed by atoms with Crippen LogP contribution in [-0.4, -0.2) is 49.0 Å². The number of nitrogens with zero attached hydrogens (tertiary/aromatic N) is 1. The molecule has 0 fully saturated rings. The van der Waals surface area contributed by atoms with Crippen molar-refractivity contribution in [3.63, 3.8) is 0 Å². The molecular formula is C52H55NO14. The minimum absolute atomic E-state index is 0.0641. The molecule has 0 saturated carbocycles. The van der Waals surface area contributed by atoms with Crippen molar-refractivity contribution in [1.82, 2.24) is 0 Å². The molecule has 0 aliphatic heterocycles. The second kappa shape index (κ2) is 25.8. The standard InChI is InChI=1S/C52H55NO14/c54-24-36-5-35(23-53-61)11-49(12-36)64-31-43-9-44(32-65-50-13-37(25-55)6-38(14-50)26-56)20-47(19-43)62-3-1-2-4-63-48-21-45(33-66-51-15-39(27-57)7-40(16-51)28-58)10-46(22-48)34-67-52-17-41(29-59)8-42(18-52)30-60/h1-2,5-22,54-60H,3-4,23-34H2/b2-1-. The van der Waals surface area contributed by atoms with Gasteiger partial charge in [-0.25, -0.2) is 0 Å². The first kappa shape index (κ1) is 49.6. The van der Waals surface area contributed by atoms with E-state index in [-0.39, 0.29) is 92.4 Å². The number of benzene rings is 6. The van der Waals surface area contributed by atoms with Crippen molar-refractivity contribution >= 4 is 0 Å². The van der Waals surface area contributed by atoms with Gasteiger partial charge in [-0.05, 0) is 164 Å². The Morgan fingerprint density at radius 3 is 0.761 bits per heavy atom. The molecule has 15 heteroatoms. The molecule has 0 bridgehead atoms. The third-order valence-corrected chi connectivity index (χ3v) is 10.2. The third kappa shape index (κ3) is 15.7. The number of hydrogen-bond donors (Lipinski definition) is 7. The molecule has 15 nitrogen and oxygen atoms in total. The van der Waals surface area contributed by atoms with Gasteiger partial charge in [0.25, 0.3) is 0 Å². The van der Waals surface area contributed by atoms with Crippen LogP contribution in [0.25, 0.3) is 0 Å². The predicted octanol–water partition coefficient (Wildman–Crippen LogP) is 6.73. The first-order valence-corrected chi connectivity index (χ1v) is 21.5. The minimum atomic E-state index is -0.232. The van der Waals surface area contributed by atoms with Gasteiger partial charge in [-0.2, -0.15) is 4.91 Å². The number of ether oxygens (including phenoxy) is 6. The highest BCUT2D eigenvalue weighted by atomic mass is 16.5. The molecule has 6 aromatic rings. The molecule has 7 N–H and O–H groups in total. The van der Waals surface area contributed by atoms with E-state index >= 15 is 0 Å². The molecule has 0 atom stereocenters. The van der Waals surface area contributed by atoms with Gasteiger partial charge in [0.2, 0.25) is 0 Å². The van der Waals surface area contributed by atoms with Crippen molar-refractivity contribution in [3.8, 4) is 34.5 Å². The minimum Gasteiger partial charge on any atom is -0.490 e. The Morgan fingerprint density at radius 2 is 0.507 bits per heavy atom. The summed E-state index contributed by atoms with van der Waals surface area (Å²) in [5.41, 5.74) is 7.87. The van der Waals surface area contributed by atoms with Crippen molar-refractivity contribution in [1.29, 1.82) is 0 Å². The van der Waals surface area contributed by atoms with Crippen molar-refractivity contribution < 1.29 is 64.2 Å². The Morgan fingerprint density at radius 1 is 0.299 bits per heavy atom. The molecule has 0 radical (unpaired) electrons. The maximum absolute atomic E-state index is 11.0. The highest BCUT2D eigenvalue weighted by Crippen LogP contribution is 2.27.